The molecule has 12 nitrogen and oxygen atoms in total. The zero-order chi connectivity index (χ0) is 40.7. The number of nitrogens with one attached hydrogen (secondary N) is 2. The largest absolute Gasteiger partial charge is 0.543 e. The van der Waals surface area contributed by atoms with Gasteiger partial charge in [0.15, 0.2) is 23.1 Å². The van der Waals surface area contributed by atoms with Crippen molar-refractivity contribution in [1.29, 1.82) is 5.41 Å². The van der Waals surface area contributed by atoms with E-state index in [4.69, 9.17) is 28.3 Å². The number of thioether (sulfide) groups is 1. The summed E-state index contributed by atoms with van der Waals surface area (Å²) in [6, 6.07) is 7.41. The molecule has 0 saturated carbocycles. The highest BCUT2D eigenvalue weighted by atomic mass is 32.2. The van der Waals surface area contributed by atoms with Gasteiger partial charge in [0.2, 0.25) is 18.1 Å². The van der Waals surface area contributed by atoms with Gasteiger partial charge < -0.3 is 22.8 Å². The van der Waals surface area contributed by atoms with E-state index in [1.165, 1.54) is 18.9 Å². The average Bonchev–Trinajstić information content (AvgIpc) is 3.56. The zero-order valence-electron chi connectivity index (χ0n) is 34.2. The van der Waals surface area contributed by atoms with Gasteiger partial charge in [-0.15, -0.1) is 0 Å². The van der Waals surface area contributed by atoms with Crippen molar-refractivity contribution >= 4 is 60.5 Å². The van der Waals surface area contributed by atoms with Crippen LogP contribution in [0.2, 0.25) is 23.2 Å². The zero-order valence-corrected chi connectivity index (χ0v) is 38.3. The van der Waals surface area contributed by atoms with Crippen LogP contribution in [-0.4, -0.2) is 70.3 Å². The number of esters is 1. The first-order valence-electron chi connectivity index (χ1n) is 18.2. The lowest BCUT2D eigenvalue weighted by Gasteiger charge is -2.38. The summed E-state index contributed by atoms with van der Waals surface area (Å²) in [4.78, 5) is 31.6. The van der Waals surface area contributed by atoms with Crippen molar-refractivity contribution in [2.24, 2.45) is 11.8 Å². The summed E-state index contributed by atoms with van der Waals surface area (Å²) in [5, 5.41) is 14.8. The number of carbonyl (C=O) groups excluding carboxylic acids is 2. The first-order valence-corrected chi connectivity index (χ1v) is 24.1. The van der Waals surface area contributed by atoms with E-state index in [1.54, 1.807) is 38.3 Å². The summed E-state index contributed by atoms with van der Waals surface area (Å²) in [7, 11) is -1.09. The SMILES string of the molecule is COC(=O)c1c(C)c(OC)c(O[SiH](C)C(C)(C)C(C)C)c(O[SiH](C)C(C)(C)C(C)C)c1CSCC(c1nc(C)no1)N(S)C(=O)NC(=N)c1ccccc1. The van der Waals surface area contributed by atoms with E-state index in [2.05, 4.69) is 96.8 Å². The molecule has 0 saturated heterocycles. The highest BCUT2D eigenvalue weighted by Crippen LogP contribution is 2.51. The van der Waals surface area contributed by atoms with Crippen LogP contribution >= 0.6 is 24.6 Å². The van der Waals surface area contributed by atoms with Gasteiger partial charge in [-0.2, -0.15) is 16.7 Å². The highest BCUT2D eigenvalue weighted by Gasteiger charge is 2.40. The summed E-state index contributed by atoms with van der Waals surface area (Å²) < 4.78 is 32.2. The van der Waals surface area contributed by atoms with Gasteiger partial charge in [-0.05, 0) is 48.9 Å². The van der Waals surface area contributed by atoms with Crippen LogP contribution in [0.3, 0.4) is 0 Å². The van der Waals surface area contributed by atoms with E-state index in [1.807, 2.05) is 13.0 Å². The van der Waals surface area contributed by atoms with Crippen LogP contribution in [0.1, 0.15) is 100 Å². The number of methoxy groups -OCH3 is 2. The van der Waals surface area contributed by atoms with E-state index in [0.717, 1.165) is 4.31 Å². The Bertz CT molecular complexity index is 1770. The fourth-order valence-corrected chi connectivity index (χ4v) is 10.5. The second-order valence-corrected chi connectivity index (χ2v) is 22.8. The Kier molecular flexibility index (Phi) is 15.7. The summed E-state index contributed by atoms with van der Waals surface area (Å²) in [5.74, 6) is 2.57. The van der Waals surface area contributed by atoms with E-state index in [-0.39, 0.29) is 33.3 Å². The fourth-order valence-electron chi connectivity index (χ4n) is 5.40. The lowest BCUT2D eigenvalue weighted by molar-refractivity contribution is 0.0598. The molecule has 2 aromatic carbocycles. The number of hydrogen-bond acceptors (Lipinski definition) is 12. The van der Waals surface area contributed by atoms with Gasteiger partial charge in [0.1, 0.15) is 11.9 Å². The van der Waals surface area contributed by atoms with Crippen molar-refractivity contribution in [2.75, 3.05) is 20.0 Å². The lowest BCUT2D eigenvalue weighted by Crippen LogP contribution is -2.40. The molecule has 0 aliphatic rings. The number of hydrogen-bond donors (Lipinski definition) is 3. The lowest BCUT2D eigenvalue weighted by atomic mass is 9.99. The first kappa shape index (κ1) is 44.9. The van der Waals surface area contributed by atoms with Gasteiger partial charge in [-0.3, -0.25) is 15.0 Å². The van der Waals surface area contributed by atoms with Crippen LogP contribution in [0, 0.1) is 31.1 Å². The minimum atomic E-state index is -2.05. The molecule has 0 fully saturated rings. The normalized spacial score (nSPS) is 13.6. The van der Waals surface area contributed by atoms with Crippen LogP contribution in [-0.2, 0) is 10.5 Å². The van der Waals surface area contributed by atoms with Gasteiger partial charge >= 0.3 is 12.0 Å². The van der Waals surface area contributed by atoms with Crippen LogP contribution in [0.4, 0.5) is 4.79 Å². The molecule has 3 aromatic rings. The number of benzene rings is 2. The van der Waals surface area contributed by atoms with Crippen LogP contribution < -0.4 is 18.9 Å². The van der Waals surface area contributed by atoms with E-state index in [0.29, 0.717) is 57.2 Å². The number of rotatable bonds is 17. The van der Waals surface area contributed by atoms with Crippen molar-refractivity contribution in [1.82, 2.24) is 19.8 Å². The third-order valence-electron chi connectivity index (χ3n) is 11.1. The van der Waals surface area contributed by atoms with Crippen molar-refractivity contribution in [2.45, 2.75) is 104 Å². The number of thiol groups is 1. The Morgan fingerprint density at radius 1 is 0.963 bits per heavy atom. The molecular formula is C38H59N5O7S2Si2. The fraction of sp³-hybridized carbons (Fsp3) is 0.553. The number of aryl methyl sites for hydroxylation is 1. The van der Waals surface area contributed by atoms with E-state index < -0.39 is 36.1 Å². The van der Waals surface area contributed by atoms with Crippen molar-refractivity contribution in [3.05, 3.63) is 64.3 Å². The molecule has 0 bridgehead atoms. The first-order chi connectivity index (χ1) is 25.2. The smallest absolute Gasteiger partial charge is 0.338 e. The van der Waals surface area contributed by atoms with Crippen LogP contribution in [0.15, 0.2) is 34.9 Å². The number of urea groups is 1. The molecule has 1 aromatic heterocycles. The molecule has 0 aliphatic carbocycles. The average molecular weight is 818 g/mol. The number of nitrogens with zero attached hydrogens (tertiary/aromatic N) is 3. The molecule has 0 aliphatic heterocycles. The molecule has 3 atom stereocenters. The molecule has 1 heterocycles. The quantitative estimate of drug-likeness (QED) is 0.0397. The number of amides is 2. The maximum absolute atomic E-state index is 13.7. The Labute approximate surface area is 334 Å². The van der Waals surface area contributed by atoms with Crippen LogP contribution in [0.5, 0.6) is 17.2 Å². The highest BCUT2D eigenvalue weighted by molar-refractivity contribution is 7.98. The van der Waals surface area contributed by atoms with Gasteiger partial charge in [0.05, 0.1) is 19.8 Å². The molecule has 3 rings (SSSR count). The van der Waals surface area contributed by atoms with Crippen molar-refractivity contribution < 1.29 is 32.4 Å². The predicted octanol–water partition coefficient (Wildman–Crippen LogP) is 8.68. The van der Waals surface area contributed by atoms with Crippen molar-refractivity contribution in [3.8, 4) is 17.2 Å². The number of carbonyl (C=O) groups is 2. The van der Waals surface area contributed by atoms with E-state index >= 15 is 0 Å². The third-order valence-corrected chi connectivity index (χ3v) is 19.3. The van der Waals surface area contributed by atoms with Crippen molar-refractivity contribution in [3.63, 3.8) is 0 Å². The maximum atomic E-state index is 13.7. The minimum absolute atomic E-state index is 0.0838. The Morgan fingerprint density at radius 3 is 2.00 bits per heavy atom. The summed E-state index contributed by atoms with van der Waals surface area (Å²) in [6.07, 6.45) is 0. The number of aromatic nitrogens is 2. The van der Waals surface area contributed by atoms with Gasteiger partial charge in [-0.25, -0.2) is 9.59 Å². The standard InChI is InChI=1S/C38H59N5O7S2Si2/c1-22(2)37(7,8)53(13)49-31-27(29(35(44)47-12)24(5)30(46-11)32(31)50-54(14)38(9,10)23(3)4)20-52-21-28(34-40-25(6)42-48-34)43(51)36(45)41-33(39)26-18-16-15-17-19-26/h15-19,22-23,28,51,53-54H,20-21H2,1-14H3,(H2,39,41,45). The molecule has 298 valence electrons. The summed E-state index contributed by atoms with van der Waals surface area (Å²) in [5.41, 5.74) is 2.08. The predicted molar refractivity (Wildman–Crippen MR) is 225 cm³/mol. The summed E-state index contributed by atoms with van der Waals surface area (Å²) >= 11 is 6.00. The minimum Gasteiger partial charge on any atom is -0.543 e. The topological polar surface area (TPSA) is 149 Å². The Morgan fingerprint density at radius 2 is 1.52 bits per heavy atom. The van der Waals surface area contributed by atoms with Gasteiger partial charge in [0.25, 0.3) is 5.89 Å². The van der Waals surface area contributed by atoms with Crippen LogP contribution in [0.25, 0.3) is 0 Å². The number of ether oxygens (including phenoxy) is 2. The molecule has 2 amide bonds. The maximum Gasteiger partial charge on any atom is 0.338 e. The Hall–Kier alpha value is -3.48. The molecule has 2 N–H and O–H groups in total. The van der Waals surface area contributed by atoms with E-state index in [9.17, 15) is 9.59 Å². The molecule has 54 heavy (non-hydrogen) atoms. The molecule has 16 heteroatoms. The van der Waals surface area contributed by atoms with Gasteiger partial charge in [0, 0.05) is 28.2 Å². The summed E-state index contributed by atoms with van der Waals surface area (Å²) in [6.45, 7) is 25.6. The third kappa shape index (κ3) is 10.2. The second kappa shape index (κ2) is 18.9. The van der Waals surface area contributed by atoms with Gasteiger partial charge in [-0.1, -0.05) is 104 Å². The molecule has 0 spiro atoms. The second-order valence-electron chi connectivity index (χ2n) is 15.4. The molecule has 3 unspecified atom stereocenters. The molecule has 0 radical (unpaired) electrons. The monoisotopic (exact) mass is 817 g/mol. The molecular weight excluding hydrogens is 759 g/mol. The Balaban J connectivity index is 2.16. The number of amidine groups is 1.